The van der Waals surface area contributed by atoms with Gasteiger partial charge >= 0.3 is 0 Å². The van der Waals surface area contributed by atoms with Crippen LogP contribution in [0, 0.1) is 5.41 Å². The molecule has 0 bridgehead atoms. The number of para-hydroxylation sites is 1. The first-order chi connectivity index (χ1) is 5.88. The van der Waals surface area contributed by atoms with E-state index in [9.17, 15) is 0 Å². The van der Waals surface area contributed by atoms with Crippen LogP contribution in [0.4, 0.5) is 0 Å². The molecule has 1 aromatic heterocycles. The predicted octanol–water partition coefficient (Wildman–Crippen LogP) is 2.07. The molecule has 0 atom stereocenters. The zero-order chi connectivity index (χ0) is 8.81. The number of fused-ring (bicyclic) bond motifs is 1. The summed E-state index contributed by atoms with van der Waals surface area (Å²) in [5, 5.41) is 6.68. The van der Waals surface area contributed by atoms with E-state index in [2.05, 4.69) is 23.2 Å². The van der Waals surface area contributed by atoms with Gasteiger partial charge in [0.2, 0.25) is 6.08 Å². The van der Waals surface area contributed by atoms with E-state index in [1.807, 2.05) is 18.3 Å². The van der Waals surface area contributed by atoms with Gasteiger partial charge in [-0.05, 0) is 17.5 Å². The molecule has 0 aliphatic heterocycles. The lowest BCUT2D eigenvalue weighted by molar-refractivity contribution is 0.563. The van der Waals surface area contributed by atoms with Crippen LogP contribution in [0.15, 0.2) is 36.5 Å². The molecule has 60 valence electrons. The second-order valence-corrected chi connectivity index (χ2v) is 2.17. The summed E-state index contributed by atoms with van der Waals surface area (Å²) in [6, 6.07) is 10.3. The van der Waals surface area contributed by atoms with Crippen molar-refractivity contribution < 1.29 is 4.79 Å². The normalized spacial score (nSPS) is 8.33. The molecule has 0 fully saturated rings. The molecule has 0 aliphatic rings. The highest BCUT2D eigenvalue weighted by Crippen LogP contribution is 2.09. The summed E-state index contributed by atoms with van der Waals surface area (Å²) < 4.78 is 0. The van der Waals surface area contributed by atoms with E-state index in [1.165, 1.54) is 10.9 Å². The Balaban J connectivity index is 0.000000213. The van der Waals surface area contributed by atoms with Gasteiger partial charge in [0, 0.05) is 11.7 Å². The number of aromatic nitrogens is 1. The van der Waals surface area contributed by atoms with Crippen molar-refractivity contribution in [3.8, 4) is 0 Å². The van der Waals surface area contributed by atoms with E-state index in [4.69, 9.17) is 10.2 Å². The zero-order valence-electron chi connectivity index (χ0n) is 6.37. The highest BCUT2D eigenvalue weighted by molar-refractivity contribution is 5.78. The standard InChI is InChI=1S/C8H7N.CHNO/c1-2-4-8-7(3-1)5-6-9-8;2-1-3/h1-6,9H;2H. The zero-order valence-corrected chi connectivity index (χ0v) is 6.37. The van der Waals surface area contributed by atoms with E-state index in [0.717, 1.165) is 6.08 Å². The second kappa shape index (κ2) is 4.11. The Morgan fingerprint density at radius 1 is 1.25 bits per heavy atom. The minimum absolute atomic E-state index is 0.750. The summed E-state index contributed by atoms with van der Waals surface area (Å²) in [6.07, 6.45) is 2.70. The molecular weight excluding hydrogens is 152 g/mol. The van der Waals surface area contributed by atoms with Crippen LogP contribution in [-0.2, 0) is 4.79 Å². The van der Waals surface area contributed by atoms with Crippen LogP contribution in [0.3, 0.4) is 0 Å². The molecule has 3 heteroatoms. The molecule has 0 spiro atoms. The monoisotopic (exact) mass is 160 g/mol. The van der Waals surface area contributed by atoms with E-state index < -0.39 is 0 Å². The topological polar surface area (TPSA) is 56.7 Å². The maximum atomic E-state index is 8.35. The molecule has 0 unspecified atom stereocenters. The van der Waals surface area contributed by atoms with Gasteiger partial charge in [-0.3, -0.25) is 0 Å². The number of hydrogen-bond acceptors (Lipinski definition) is 2. The maximum Gasteiger partial charge on any atom is 0.231 e. The van der Waals surface area contributed by atoms with Crippen LogP contribution >= 0.6 is 0 Å². The van der Waals surface area contributed by atoms with Crippen molar-refractivity contribution in [1.29, 1.82) is 5.41 Å². The molecule has 0 saturated heterocycles. The highest BCUT2D eigenvalue weighted by Gasteiger charge is 1.86. The number of nitrogens with one attached hydrogen (secondary N) is 2. The number of H-pyrrole nitrogens is 1. The Kier molecular flexibility index (Phi) is 2.82. The molecule has 2 N–H and O–H groups in total. The first-order valence-corrected chi connectivity index (χ1v) is 3.44. The largest absolute Gasteiger partial charge is 0.361 e. The fraction of sp³-hybridized carbons (Fsp3) is 0. The fourth-order valence-electron chi connectivity index (χ4n) is 0.995. The van der Waals surface area contributed by atoms with Crippen molar-refractivity contribution in [1.82, 2.24) is 4.98 Å². The number of carbonyl (C=O) groups excluding carboxylic acids is 1. The van der Waals surface area contributed by atoms with E-state index in [-0.39, 0.29) is 0 Å². The summed E-state index contributed by atoms with van der Waals surface area (Å²) in [5.41, 5.74) is 1.21. The summed E-state index contributed by atoms with van der Waals surface area (Å²) in [5.74, 6) is 0. The molecule has 0 saturated carbocycles. The van der Waals surface area contributed by atoms with Gasteiger partial charge < -0.3 is 4.98 Å². The summed E-state index contributed by atoms with van der Waals surface area (Å²) >= 11 is 0. The third-order valence-corrected chi connectivity index (χ3v) is 1.46. The van der Waals surface area contributed by atoms with Crippen molar-refractivity contribution >= 4 is 17.0 Å². The summed E-state index contributed by atoms with van der Waals surface area (Å²) in [4.78, 5) is 11.5. The van der Waals surface area contributed by atoms with Gasteiger partial charge in [0.1, 0.15) is 0 Å². The van der Waals surface area contributed by atoms with Gasteiger partial charge in [-0.15, -0.1) is 0 Å². The number of rotatable bonds is 0. The minimum atomic E-state index is 0.750. The molecule has 12 heavy (non-hydrogen) atoms. The molecule has 0 radical (unpaired) electrons. The molecule has 1 heterocycles. The Hall–Kier alpha value is -1.86. The second-order valence-electron chi connectivity index (χ2n) is 2.17. The first kappa shape index (κ1) is 8.24. The number of aromatic amines is 1. The first-order valence-electron chi connectivity index (χ1n) is 3.44. The lowest BCUT2D eigenvalue weighted by Gasteiger charge is -1.83. The third kappa shape index (κ3) is 1.81. The van der Waals surface area contributed by atoms with Gasteiger partial charge in [-0.1, -0.05) is 18.2 Å². The molecule has 3 nitrogen and oxygen atoms in total. The molecular formula is C9H8N2O. The fourth-order valence-corrected chi connectivity index (χ4v) is 0.995. The van der Waals surface area contributed by atoms with Gasteiger partial charge in [0.15, 0.2) is 0 Å². The van der Waals surface area contributed by atoms with Crippen molar-refractivity contribution in [2.75, 3.05) is 0 Å². The Morgan fingerprint density at radius 2 is 1.92 bits per heavy atom. The molecule has 1 aromatic carbocycles. The van der Waals surface area contributed by atoms with E-state index >= 15 is 0 Å². The number of isocyanates is 1. The van der Waals surface area contributed by atoms with Crippen molar-refractivity contribution in [3.05, 3.63) is 36.5 Å². The Bertz CT molecular complexity index is 356. The van der Waals surface area contributed by atoms with Crippen molar-refractivity contribution in [2.24, 2.45) is 0 Å². The van der Waals surface area contributed by atoms with Crippen LogP contribution < -0.4 is 0 Å². The summed E-state index contributed by atoms with van der Waals surface area (Å²) in [7, 11) is 0. The van der Waals surface area contributed by atoms with Crippen LogP contribution in [0.1, 0.15) is 0 Å². The average molecular weight is 160 g/mol. The SMILES string of the molecule is N=C=O.c1ccc2[nH]ccc2c1. The van der Waals surface area contributed by atoms with Crippen LogP contribution in [0.5, 0.6) is 0 Å². The molecule has 2 aromatic rings. The number of benzene rings is 1. The van der Waals surface area contributed by atoms with E-state index in [0.29, 0.717) is 0 Å². The number of hydrogen-bond donors (Lipinski definition) is 2. The summed E-state index contributed by atoms with van der Waals surface area (Å²) in [6.45, 7) is 0. The van der Waals surface area contributed by atoms with Crippen LogP contribution in [-0.4, -0.2) is 11.1 Å². The highest BCUT2D eigenvalue weighted by atomic mass is 16.1. The van der Waals surface area contributed by atoms with E-state index in [1.54, 1.807) is 0 Å². The molecule has 0 aliphatic carbocycles. The molecule has 2 rings (SSSR count). The van der Waals surface area contributed by atoms with Gasteiger partial charge in [0.05, 0.1) is 0 Å². The lowest BCUT2D eigenvalue weighted by Crippen LogP contribution is -1.61. The van der Waals surface area contributed by atoms with Crippen molar-refractivity contribution in [2.45, 2.75) is 0 Å². The Morgan fingerprint density at radius 3 is 2.58 bits per heavy atom. The minimum Gasteiger partial charge on any atom is -0.361 e. The van der Waals surface area contributed by atoms with Crippen molar-refractivity contribution in [3.63, 3.8) is 0 Å². The predicted molar refractivity (Wildman–Crippen MR) is 46.7 cm³/mol. The average Bonchev–Trinajstić information content (AvgIpc) is 2.52. The quantitative estimate of drug-likeness (QED) is 0.449. The van der Waals surface area contributed by atoms with Crippen LogP contribution in [0.2, 0.25) is 0 Å². The van der Waals surface area contributed by atoms with Gasteiger partial charge in [-0.2, -0.15) is 0 Å². The third-order valence-electron chi connectivity index (χ3n) is 1.46. The smallest absolute Gasteiger partial charge is 0.231 e. The lowest BCUT2D eigenvalue weighted by atomic mass is 10.3. The van der Waals surface area contributed by atoms with Crippen LogP contribution in [0.25, 0.3) is 10.9 Å². The maximum absolute atomic E-state index is 8.35. The van der Waals surface area contributed by atoms with Gasteiger partial charge in [-0.25, -0.2) is 10.2 Å². The Labute approximate surface area is 69.5 Å². The molecule has 0 amide bonds. The van der Waals surface area contributed by atoms with Gasteiger partial charge in [0.25, 0.3) is 0 Å².